The minimum Gasteiger partial charge on any atom is -0.481 e. The maximum Gasteiger partial charge on any atom is 0.272 e. The van der Waals surface area contributed by atoms with E-state index in [2.05, 4.69) is 15.5 Å². The van der Waals surface area contributed by atoms with Crippen LogP contribution in [0, 0.1) is 13.8 Å². The number of aryl methyl sites for hydroxylation is 2. The molecule has 1 amide bonds. The predicted molar refractivity (Wildman–Crippen MR) is 100 cm³/mol. The zero-order chi connectivity index (χ0) is 18.7. The van der Waals surface area contributed by atoms with E-state index in [9.17, 15) is 9.59 Å². The maximum absolute atomic E-state index is 12.4. The molecule has 0 bridgehead atoms. The molecule has 1 atom stereocenters. The summed E-state index contributed by atoms with van der Waals surface area (Å²) in [6.07, 6.45) is -0.649. The quantitative estimate of drug-likeness (QED) is 0.740. The van der Waals surface area contributed by atoms with Crippen LogP contribution < -0.4 is 15.6 Å². The second-order valence-electron chi connectivity index (χ2n) is 6.29. The van der Waals surface area contributed by atoms with E-state index < -0.39 is 6.10 Å². The van der Waals surface area contributed by atoms with Crippen molar-refractivity contribution in [1.29, 1.82) is 0 Å². The number of amides is 1. The minimum atomic E-state index is -0.649. The van der Waals surface area contributed by atoms with Crippen molar-refractivity contribution >= 4 is 16.7 Å². The number of hydrogen-bond donors (Lipinski definition) is 2. The smallest absolute Gasteiger partial charge is 0.272 e. The van der Waals surface area contributed by atoms with Gasteiger partial charge in [-0.15, -0.1) is 0 Å². The monoisotopic (exact) mass is 351 g/mol. The van der Waals surface area contributed by atoms with Gasteiger partial charge in [0.05, 0.1) is 17.6 Å². The lowest BCUT2D eigenvalue weighted by Gasteiger charge is -2.17. The molecule has 0 aliphatic rings. The molecule has 2 aromatic carbocycles. The van der Waals surface area contributed by atoms with Crippen molar-refractivity contribution in [2.24, 2.45) is 0 Å². The van der Waals surface area contributed by atoms with Gasteiger partial charge in [0.2, 0.25) is 0 Å². The molecule has 0 aliphatic heterocycles. The molecule has 0 fully saturated rings. The molecule has 3 rings (SSSR count). The van der Waals surface area contributed by atoms with Crippen LogP contribution in [0.3, 0.4) is 0 Å². The van der Waals surface area contributed by atoms with Crippen molar-refractivity contribution in [1.82, 2.24) is 15.5 Å². The standard InChI is InChI=1S/C20H21N3O3/c1-12-8-9-13(2)18(10-12)26-14(3)19(24)21-11-17-15-6-4-5-7-16(15)20(25)23-22-17/h4-10,14H,11H2,1-3H3,(H,21,24)(H,23,25)/t14-/m1/s1. The summed E-state index contributed by atoms with van der Waals surface area (Å²) in [6.45, 7) is 5.83. The Balaban J connectivity index is 1.70. The Labute approximate surface area is 151 Å². The van der Waals surface area contributed by atoms with Gasteiger partial charge in [0, 0.05) is 5.39 Å². The first-order chi connectivity index (χ1) is 12.5. The third kappa shape index (κ3) is 3.74. The van der Waals surface area contributed by atoms with Gasteiger partial charge >= 0.3 is 0 Å². The number of aromatic amines is 1. The summed E-state index contributed by atoms with van der Waals surface area (Å²) in [5.41, 5.74) is 2.40. The first-order valence-corrected chi connectivity index (χ1v) is 8.43. The lowest BCUT2D eigenvalue weighted by molar-refractivity contribution is -0.127. The Bertz CT molecular complexity index is 1010. The maximum atomic E-state index is 12.4. The van der Waals surface area contributed by atoms with Gasteiger partial charge in [-0.1, -0.05) is 30.3 Å². The zero-order valence-electron chi connectivity index (χ0n) is 15.0. The number of carbonyl (C=O) groups is 1. The number of aromatic nitrogens is 2. The van der Waals surface area contributed by atoms with Crippen LogP contribution in [0.25, 0.3) is 10.8 Å². The lowest BCUT2D eigenvalue weighted by atomic mass is 10.1. The minimum absolute atomic E-state index is 0.205. The Morgan fingerprint density at radius 1 is 1.19 bits per heavy atom. The molecule has 0 unspecified atom stereocenters. The summed E-state index contributed by atoms with van der Waals surface area (Å²) < 4.78 is 5.79. The van der Waals surface area contributed by atoms with Crippen molar-refractivity contribution in [3.05, 3.63) is 69.6 Å². The zero-order valence-corrected chi connectivity index (χ0v) is 15.0. The van der Waals surface area contributed by atoms with Crippen LogP contribution in [0.2, 0.25) is 0 Å². The fourth-order valence-electron chi connectivity index (χ4n) is 2.70. The number of nitrogens with zero attached hydrogens (tertiary/aromatic N) is 1. The second-order valence-corrected chi connectivity index (χ2v) is 6.29. The van der Waals surface area contributed by atoms with E-state index in [0.717, 1.165) is 16.5 Å². The van der Waals surface area contributed by atoms with E-state index in [1.54, 1.807) is 19.1 Å². The number of ether oxygens (including phenoxy) is 1. The van der Waals surface area contributed by atoms with Gasteiger partial charge in [-0.2, -0.15) is 5.10 Å². The van der Waals surface area contributed by atoms with E-state index >= 15 is 0 Å². The Kier molecular flexibility index (Phi) is 5.02. The third-order valence-corrected chi connectivity index (χ3v) is 4.22. The molecule has 0 saturated heterocycles. The van der Waals surface area contributed by atoms with Crippen LogP contribution in [0.1, 0.15) is 23.7 Å². The molecule has 0 aliphatic carbocycles. The number of carbonyl (C=O) groups excluding carboxylic acids is 1. The van der Waals surface area contributed by atoms with Crippen LogP contribution in [0.15, 0.2) is 47.3 Å². The van der Waals surface area contributed by atoms with Crippen LogP contribution in [0.5, 0.6) is 5.75 Å². The molecule has 6 nitrogen and oxygen atoms in total. The molecule has 1 heterocycles. The van der Waals surface area contributed by atoms with Gasteiger partial charge in [0.1, 0.15) is 5.75 Å². The summed E-state index contributed by atoms with van der Waals surface area (Å²) in [5.74, 6) is 0.447. The molecular weight excluding hydrogens is 330 g/mol. The number of H-pyrrole nitrogens is 1. The third-order valence-electron chi connectivity index (χ3n) is 4.22. The number of hydrogen-bond acceptors (Lipinski definition) is 4. The van der Waals surface area contributed by atoms with Crippen molar-refractivity contribution < 1.29 is 9.53 Å². The molecule has 0 radical (unpaired) electrons. The van der Waals surface area contributed by atoms with E-state index in [4.69, 9.17) is 4.74 Å². The van der Waals surface area contributed by atoms with Gasteiger partial charge in [-0.3, -0.25) is 9.59 Å². The van der Waals surface area contributed by atoms with Crippen molar-refractivity contribution in [3.63, 3.8) is 0 Å². The topological polar surface area (TPSA) is 84.1 Å². The van der Waals surface area contributed by atoms with E-state index in [1.807, 2.05) is 44.2 Å². The van der Waals surface area contributed by atoms with Crippen LogP contribution >= 0.6 is 0 Å². The van der Waals surface area contributed by atoms with E-state index in [1.165, 1.54) is 0 Å². The molecular formula is C20H21N3O3. The highest BCUT2D eigenvalue weighted by atomic mass is 16.5. The fraction of sp³-hybridized carbons (Fsp3) is 0.250. The fourth-order valence-corrected chi connectivity index (χ4v) is 2.70. The highest BCUT2D eigenvalue weighted by Gasteiger charge is 2.16. The van der Waals surface area contributed by atoms with Crippen molar-refractivity contribution in [2.75, 3.05) is 0 Å². The molecule has 0 saturated carbocycles. The van der Waals surface area contributed by atoms with Gasteiger partial charge in [-0.25, -0.2) is 5.10 Å². The number of fused-ring (bicyclic) bond motifs is 1. The second kappa shape index (κ2) is 7.39. The molecule has 6 heteroatoms. The van der Waals surface area contributed by atoms with Crippen LogP contribution in [-0.4, -0.2) is 22.2 Å². The first kappa shape index (κ1) is 17.7. The number of nitrogens with one attached hydrogen (secondary N) is 2. The highest BCUT2D eigenvalue weighted by molar-refractivity contribution is 5.84. The SMILES string of the molecule is Cc1ccc(C)c(O[C@H](C)C(=O)NCc2n[nH]c(=O)c3ccccc23)c1. The average molecular weight is 351 g/mol. The Morgan fingerprint density at radius 3 is 2.69 bits per heavy atom. The highest BCUT2D eigenvalue weighted by Crippen LogP contribution is 2.20. The van der Waals surface area contributed by atoms with Gasteiger partial charge in [-0.05, 0) is 44.0 Å². The molecule has 0 spiro atoms. The molecule has 1 aromatic heterocycles. The summed E-state index contributed by atoms with van der Waals surface area (Å²) in [7, 11) is 0. The molecule has 2 N–H and O–H groups in total. The van der Waals surface area contributed by atoms with Crippen LogP contribution in [-0.2, 0) is 11.3 Å². The van der Waals surface area contributed by atoms with Gasteiger partial charge in [0.15, 0.2) is 6.10 Å². The summed E-state index contributed by atoms with van der Waals surface area (Å²) in [5, 5.41) is 10.6. The van der Waals surface area contributed by atoms with Crippen molar-refractivity contribution in [3.8, 4) is 5.75 Å². The predicted octanol–water partition coefficient (Wildman–Crippen LogP) is 2.62. The average Bonchev–Trinajstić information content (AvgIpc) is 2.64. The Morgan fingerprint density at radius 2 is 1.92 bits per heavy atom. The summed E-state index contributed by atoms with van der Waals surface area (Å²) >= 11 is 0. The summed E-state index contributed by atoms with van der Waals surface area (Å²) in [4.78, 5) is 24.2. The van der Waals surface area contributed by atoms with Crippen molar-refractivity contribution in [2.45, 2.75) is 33.4 Å². The summed E-state index contributed by atoms with van der Waals surface area (Å²) in [6, 6.07) is 13.0. The lowest BCUT2D eigenvalue weighted by Crippen LogP contribution is -2.36. The van der Waals surface area contributed by atoms with E-state index in [-0.39, 0.29) is 18.0 Å². The van der Waals surface area contributed by atoms with Gasteiger partial charge < -0.3 is 10.1 Å². The largest absolute Gasteiger partial charge is 0.481 e. The number of rotatable bonds is 5. The number of benzene rings is 2. The molecule has 26 heavy (non-hydrogen) atoms. The normalized spacial score (nSPS) is 12.0. The molecule has 3 aromatic rings. The van der Waals surface area contributed by atoms with Gasteiger partial charge in [0.25, 0.3) is 11.5 Å². The first-order valence-electron chi connectivity index (χ1n) is 8.43. The van der Waals surface area contributed by atoms with Crippen LogP contribution in [0.4, 0.5) is 0 Å². The Hall–Kier alpha value is -3.15. The molecule has 134 valence electrons. The van der Waals surface area contributed by atoms with E-state index in [0.29, 0.717) is 16.8 Å².